The summed E-state index contributed by atoms with van der Waals surface area (Å²) in [6, 6.07) is 7.64. The highest BCUT2D eigenvalue weighted by Gasteiger charge is 2.23. The summed E-state index contributed by atoms with van der Waals surface area (Å²) in [6.07, 6.45) is 12.9. The molecule has 5 heteroatoms. The first kappa shape index (κ1) is 19.6. The lowest BCUT2D eigenvalue weighted by atomic mass is 9.98. The van der Waals surface area contributed by atoms with Crippen LogP contribution in [0.5, 0.6) is 0 Å². The van der Waals surface area contributed by atoms with Crippen molar-refractivity contribution in [1.29, 1.82) is 0 Å². The zero-order valence-electron chi connectivity index (χ0n) is 15.9. The monoisotopic (exact) mass is 370 g/mol. The maximum atomic E-state index is 11.9. The van der Waals surface area contributed by atoms with Crippen LogP contribution in [0, 0.1) is 0 Å². The van der Waals surface area contributed by atoms with Gasteiger partial charge in [0.2, 0.25) is 5.91 Å². The minimum atomic E-state index is -0.108. The molecule has 2 aliphatic rings. The van der Waals surface area contributed by atoms with Gasteiger partial charge in [0.15, 0.2) is 0 Å². The highest BCUT2D eigenvalue weighted by Crippen LogP contribution is 2.20. The molecule has 0 heterocycles. The molecule has 0 aromatic heterocycles. The minimum Gasteiger partial charge on any atom is -0.378 e. The lowest BCUT2D eigenvalue weighted by Crippen LogP contribution is -2.25. The summed E-state index contributed by atoms with van der Waals surface area (Å²) in [5.41, 5.74) is 1.55. The molecule has 1 aromatic carbocycles. The SMILES string of the molecule is O=C(/C=C/c1ccc(C(=O)NC2CC2)cc1)NCCCOC1CCCCC1. The van der Waals surface area contributed by atoms with Crippen molar-refractivity contribution in [3.63, 3.8) is 0 Å². The number of carbonyl (C=O) groups is 2. The van der Waals surface area contributed by atoms with E-state index in [-0.39, 0.29) is 11.8 Å². The van der Waals surface area contributed by atoms with E-state index in [1.54, 1.807) is 18.2 Å². The highest BCUT2D eigenvalue weighted by atomic mass is 16.5. The molecular weight excluding hydrogens is 340 g/mol. The second kappa shape index (κ2) is 10.3. The Balaban J connectivity index is 1.31. The van der Waals surface area contributed by atoms with E-state index in [4.69, 9.17) is 4.74 Å². The molecule has 2 fully saturated rings. The van der Waals surface area contributed by atoms with Crippen molar-refractivity contribution in [3.05, 3.63) is 41.5 Å². The number of carbonyl (C=O) groups excluding carboxylic acids is 2. The van der Waals surface area contributed by atoms with Crippen LogP contribution in [-0.4, -0.2) is 37.1 Å². The Morgan fingerprint density at radius 3 is 2.48 bits per heavy atom. The Kier molecular flexibility index (Phi) is 7.45. The number of benzene rings is 1. The zero-order chi connectivity index (χ0) is 18.9. The van der Waals surface area contributed by atoms with Crippen molar-refractivity contribution in [2.45, 2.75) is 63.5 Å². The molecule has 3 rings (SSSR count). The van der Waals surface area contributed by atoms with Crippen molar-refractivity contribution in [2.75, 3.05) is 13.2 Å². The van der Waals surface area contributed by atoms with Gasteiger partial charge in [0, 0.05) is 30.8 Å². The molecule has 27 heavy (non-hydrogen) atoms. The fourth-order valence-electron chi connectivity index (χ4n) is 3.24. The third-order valence-corrected chi connectivity index (χ3v) is 5.04. The van der Waals surface area contributed by atoms with E-state index >= 15 is 0 Å². The van der Waals surface area contributed by atoms with Gasteiger partial charge in [0.05, 0.1) is 6.10 Å². The summed E-state index contributed by atoms with van der Waals surface area (Å²) in [5, 5.41) is 5.84. The average Bonchev–Trinajstić information content (AvgIpc) is 3.51. The fraction of sp³-hybridized carbons (Fsp3) is 0.545. The summed E-state index contributed by atoms with van der Waals surface area (Å²) in [4.78, 5) is 23.8. The molecule has 0 aliphatic heterocycles. The lowest BCUT2D eigenvalue weighted by molar-refractivity contribution is -0.116. The molecule has 0 spiro atoms. The van der Waals surface area contributed by atoms with E-state index < -0.39 is 0 Å². The largest absolute Gasteiger partial charge is 0.378 e. The van der Waals surface area contributed by atoms with Crippen LogP contribution in [-0.2, 0) is 9.53 Å². The Hall–Kier alpha value is -2.14. The zero-order valence-corrected chi connectivity index (χ0v) is 15.9. The third kappa shape index (κ3) is 7.18. The number of amides is 2. The van der Waals surface area contributed by atoms with Crippen LogP contribution in [0.3, 0.4) is 0 Å². The first-order chi connectivity index (χ1) is 13.2. The van der Waals surface area contributed by atoms with Gasteiger partial charge in [0.25, 0.3) is 5.91 Å². The molecule has 2 saturated carbocycles. The smallest absolute Gasteiger partial charge is 0.251 e. The number of nitrogens with one attached hydrogen (secondary N) is 2. The molecule has 0 saturated heterocycles. The van der Waals surface area contributed by atoms with Gasteiger partial charge in [-0.2, -0.15) is 0 Å². The molecule has 2 aliphatic carbocycles. The van der Waals surface area contributed by atoms with E-state index in [0.29, 0.717) is 30.9 Å². The molecule has 0 bridgehead atoms. The molecule has 2 amide bonds. The van der Waals surface area contributed by atoms with Crippen molar-refractivity contribution in [1.82, 2.24) is 10.6 Å². The van der Waals surface area contributed by atoms with Crippen LogP contribution in [0.4, 0.5) is 0 Å². The van der Waals surface area contributed by atoms with Crippen molar-refractivity contribution in [2.24, 2.45) is 0 Å². The molecule has 0 radical (unpaired) electrons. The lowest BCUT2D eigenvalue weighted by Gasteiger charge is -2.21. The van der Waals surface area contributed by atoms with Crippen molar-refractivity contribution in [3.8, 4) is 0 Å². The Morgan fingerprint density at radius 1 is 1.04 bits per heavy atom. The van der Waals surface area contributed by atoms with Crippen LogP contribution >= 0.6 is 0 Å². The second-order valence-electron chi connectivity index (χ2n) is 7.48. The van der Waals surface area contributed by atoms with Crippen LogP contribution in [0.15, 0.2) is 30.3 Å². The van der Waals surface area contributed by atoms with Gasteiger partial charge in [-0.3, -0.25) is 9.59 Å². The number of hydrogen-bond donors (Lipinski definition) is 2. The second-order valence-corrected chi connectivity index (χ2v) is 7.48. The standard InChI is InChI=1S/C22H30N2O3/c25-21(23-15-4-16-27-20-5-2-1-3-6-20)14-9-17-7-10-18(11-8-17)22(26)24-19-12-13-19/h7-11,14,19-20H,1-6,12-13,15-16H2,(H,23,25)(H,24,26)/b14-9+. The molecule has 5 nitrogen and oxygen atoms in total. The summed E-state index contributed by atoms with van der Waals surface area (Å²) in [6.45, 7) is 1.33. The van der Waals surface area contributed by atoms with E-state index in [9.17, 15) is 9.59 Å². The Morgan fingerprint density at radius 2 is 1.78 bits per heavy atom. The maximum Gasteiger partial charge on any atom is 0.251 e. The minimum absolute atomic E-state index is 0.0266. The van der Waals surface area contributed by atoms with Gasteiger partial charge in [-0.25, -0.2) is 0 Å². The van der Waals surface area contributed by atoms with Crippen LogP contribution in [0.1, 0.15) is 67.3 Å². The fourth-order valence-corrected chi connectivity index (χ4v) is 3.24. The summed E-state index contributed by atoms with van der Waals surface area (Å²) in [7, 11) is 0. The molecule has 1 aromatic rings. The maximum absolute atomic E-state index is 11.9. The van der Waals surface area contributed by atoms with E-state index in [0.717, 1.165) is 24.8 Å². The van der Waals surface area contributed by atoms with Gasteiger partial charge in [-0.05, 0) is 55.9 Å². The molecule has 0 atom stereocenters. The van der Waals surface area contributed by atoms with Gasteiger partial charge >= 0.3 is 0 Å². The van der Waals surface area contributed by atoms with Crippen molar-refractivity contribution >= 4 is 17.9 Å². The quantitative estimate of drug-likeness (QED) is 0.517. The van der Waals surface area contributed by atoms with Crippen LogP contribution in [0.2, 0.25) is 0 Å². The predicted octanol–water partition coefficient (Wildman–Crippen LogP) is 3.45. The van der Waals surface area contributed by atoms with E-state index in [1.807, 2.05) is 12.1 Å². The third-order valence-electron chi connectivity index (χ3n) is 5.04. The van der Waals surface area contributed by atoms with Crippen molar-refractivity contribution < 1.29 is 14.3 Å². The topological polar surface area (TPSA) is 67.4 Å². The molecule has 146 valence electrons. The van der Waals surface area contributed by atoms with Crippen LogP contribution in [0.25, 0.3) is 6.08 Å². The normalized spacial score (nSPS) is 17.8. The Labute approximate surface area is 161 Å². The summed E-state index contributed by atoms with van der Waals surface area (Å²) in [5.74, 6) is -0.135. The Bertz CT molecular complexity index is 644. The summed E-state index contributed by atoms with van der Waals surface area (Å²) >= 11 is 0. The highest BCUT2D eigenvalue weighted by molar-refractivity contribution is 5.95. The first-order valence-electron chi connectivity index (χ1n) is 10.2. The first-order valence-corrected chi connectivity index (χ1v) is 10.2. The van der Waals surface area contributed by atoms with Gasteiger partial charge < -0.3 is 15.4 Å². The van der Waals surface area contributed by atoms with Gasteiger partial charge in [-0.15, -0.1) is 0 Å². The number of rotatable bonds is 9. The van der Waals surface area contributed by atoms with E-state index in [1.165, 1.54) is 38.2 Å². The van der Waals surface area contributed by atoms with Gasteiger partial charge in [-0.1, -0.05) is 31.4 Å². The number of hydrogen-bond acceptors (Lipinski definition) is 3. The molecule has 0 unspecified atom stereocenters. The molecular formula is C22H30N2O3. The molecule has 2 N–H and O–H groups in total. The number of ether oxygens (including phenoxy) is 1. The predicted molar refractivity (Wildman–Crippen MR) is 106 cm³/mol. The summed E-state index contributed by atoms with van der Waals surface area (Å²) < 4.78 is 5.85. The van der Waals surface area contributed by atoms with Crippen LogP contribution < -0.4 is 10.6 Å². The van der Waals surface area contributed by atoms with Gasteiger partial charge in [0.1, 0.15) is 0 Å². The van der Waals surface area contributed by atoms with E-state index in [2.05, 4.69) is 10.6 Å². The average molecular weight is 370 g/mol.